The van der Waals surface area contributed by atoms with Crippen molar-refractivity contribution in [2.75, 3.05) is 5.75 Å². The maximum absolute atomic E-state index is 10.7. The molecule has 0 aromatic carbocycles. The van der Waals surface area contributed by atoms with E-state index in [1.54, 1.807) is 11.8 Å². The third-order valence-corrected chi connectivity index (χ3v) is 4.46. The van der Waals surface area contributed by atoms with Crippen molar-refractivity contribution in [3.05, 3.63) is 21.3 Å². The van der Waals surface area contributed by atoms with Crippen LogP contribution in [0.2, 0.25) is 4.34 Å². The molecule has 0 saturated carbocycles. The molecular formula is C8H8ClNO2S2. The van der Waals surface area contributed by atoms with Crippen LogP contribution >= 0.6 is 34.7 Å². The number of nitrogens with one attached hydrogen (secondary N) is 1. The topological polar surface area (TPSA) is 49.3 Å². The molecule has 2 atom stereocenters. The maximum atomic E-state index is 10.7. The van der Waals surface area contributed by atoms with Gasteiger partial charge in [0.2, 0.25) is 0 Å². The summed E-state index contributed by atoms with van der Waals surface area (Å²) >= 11 is 9.01. The highest BCUT2D eigenvalue weighted by atomic mass is 35.5. The van der Waals surface area contributed by atoms with E-state index in [9.17, 15) is 4.79 Å². The van der Waals surface area contributed by atoms with Gasteiger partial charge in [-0.25, -0.2) is 0 Å². The molecule has 6 heteroatoms. The molecule has 1 aromatic heterocycles. The van der Waals surface area contributed by atoms with Crippen LogP contribution in [-0.4, -0.2) is 22.9 Å². The largest absolute Gasteiger partial charge is 0.480 e. The zero-order valence-electron chi connectivity index (χ0n) is 7.07. The lowest BCUT2D eigenvalue weighted by Crippen LogP contribution is -2.33. The third-order valence-electron chi connectivity index (χ3n) is 2.01. The first-order valence-electron chi connectivity index (χ1n) is 4.02. The van der Waals surface area contributed by atoms with E-state index in [0.29, 0.717) is 5.75 Å². The van der Waals surface area contributed by atoms with E-state index in [0.717, 1.165) is 9.90 Å². The van der Waals surface area contributed by atoms with Crippen molar-refractivity contribution in [1.29, 1.82) is 0 Å². The number of hydrogen-bond acceptors (Lipinski definition) is 4. The second kappa shape index (κ2) is 4.10. The quantitative estimate of drug-likeness (QED) is 0.844. The Morgan fingerprint density at radius 3 is 3.00 bits per heavy atom. The Balaban J connectivity index is 2.10. The smallest absolute Gasteiger partial charge is 0.321 e. The average Bonchev–Trinajstić information content (AvgIpc) is 2.71. The summed E-state index contributed by atoms with van der Waals surface area (Å²) in [5.41, 5.74) is 0.991. The van der Waals surface area contributed by atoms with Gasteiger partial charge in [-0.05, 0) is 11.4 Å². The van der Waals surface area contributed by atoms with Gasteiger partial charge in [-0.15, -0.1) is 23.1 Å². The number of hydrogen-bond donors (Lipinski definition) is 2. The van der Waals surface area contributed by atoms with Gasteiger partial charge in [-0.1, -0.05) is 11.6 Å². The molecule has 0 spiro atoms. The lowest BCUT2D eigenvalue weighted by molar-refractivity contribution is -0.138. The Bertz CT molecular complexity index is 355. The van der Waals surface area contributed by atoms with Crippen LogP contribution in [0.4, 0.5) is 0 Å². The van der Waals surface area contributed by atoms with Crippen LogP contribution in [0.5, 0.6) is 0 Å². The molecule has 0 aliphatic carbocycles. The van der Waals surface area contributed by atoms with E-state index >= 15 is 0 Å². The number of carboxylic acid groups (broad SMARTS) is 1. The van der Waals surface area contributed by atoms with Gasteiger partial charge >= 0.3 is 5.97 Å². The van der Waals surface area contributed by atoms with Gasteiger partial charge in [0.15, 0.2) is 0 Å². The van der Waals surface area contributed by atoms with Gasteiger partial charge in [0, 0.05) is 11.3 Å². The molecule has 0 amide bonds. The van der Waals surface area contributed by atoms with Crippen molar-refractivity contribution < 1.29 is 9.90 Å². The highest BCUT2D eigenvalue weighted by Crippen LogP contribution is 2.38. The minimum Gasteiger partial charge on any atom is -0.480 e. The summed E-state index contributed by atoms with van der Waals surface area (Å²) in [4.78, 5) is 10.7. The van der Waals surface area contributed by atoms with E-state index in [1.165, 1.54) is 11.3 Å². The Morgan fingerprint density at radius 2 is 2.50 bits per heavy atom. The lowest BCUT2D eigenvalue weighted by Gasteiger charge is -2.09. The normalized spacial score (nSPS) is 26.6. The second-order valence-electron chi connectivity index (χ2n) is 2.92. The van der Waals surface area contributed by atoms with E-state index in [1.807, 2.05) is 11.4 Å². The zero-order chi connectivity index (χ0) is 10.1. The van der Waals surface area contributed by atoms with Gasteiger partial charge in [0.25, 0.3) is 0 Å². The highest BCUT2D eigenvalue weighted by Gasteiger charge is 2.31. The van der Waals surface area contributed by atoms with Gasteiger partial charge < -0.3 is 5.11 Å². The maximum Gasteiger partial charge on any atom is 0.321 e. The van der Waals surface area contributed by atoms with Crippen LogP contribution in [-0.2, 0) is 4.79 Å². The number of halogens is 1. The van der Waals surface area contributed by atoms with Gasteiger partial charge in [-0.2, -0.15) is 0 Å². The Labute approximate surface area is 94.5 Å². The van der Waals surface area contributed by atoms with E-state index in [2.05, 4.69) is 5.32 Å². The summed E-state index contributed by atoms with van der Waals surface area (Å²) in [6.45, 7) is 0. The fourth-order valence-electron chi connectivity index (χ4n) is 1.28. The molecule has 0 bridgehead atoms. The van der Waals surface area contributed by atoms with E-state index < -0.39 is 12.0 Å². The molecule has 2 heterocycles. The number of carbonyl (C=O) groups is 1. The third kappa shape index (κ3) is 1.91. The van der Waals surface area contributed by atoms with Gasteiger partial charge in [-0.3, -0.25) is 10.1 Å². The van der Waals surface area contributed by atoms with Crippen molar-refractivity contribution >= 4 is 40.7 Å². The number of rotatable bonds is 2. The van der Waals surface area contributed by atoms with E-state index in [4.69, 9.17) is 16.7 Å². The summed E-state index contributed by atoms with van der Waals surface area (Å²) in [7, 11) is 0. The monoisotopic (exact) mass is 249 g/mol. The molecule has 1 unspecified atom stereocenters. The summed E-state index contributed by atoms with van der Waals surface area (Å²) in [5, 5.41) is 13.7. The Hall–Kier alpha value is -0.230. The fourth-order valence-corrected chi connectivity index (χ4v) is 3.67. The molecular weight excluding hydrogens is 242 g/mol. The summed E-state index contributed by atoms with van der Waals surface area (Å²) in [6.07, 6.45) is 0. The van der Waals surface area contributed by atoms with Gasteiger partial charge in [0.05, 0.1) is 9.71 Å². The standard InChI is InChI=1S/C8H8ClNO2S2/c9-6-4(1-2-13-6)7-10-5(3-14-7)8(11)12/h1-2,5,7,10H,3H2,(H,11,12)/t5-,7?/m1/s1. The zero-order valence-corrected chi connectivity index (χ0v) is 9.46. The molecule has 14 heavy (non-hydrogen) atoms. The summed E-state index contributed by atoms with van der Waals surface area (Å²) < 4.78 is 0.737. The molecule has 1 aromatic rings. The number of thioether (sulfide) groups is 1. The number of carboxylic acids is 1. The highest BCUT2D eigenvalue weighted by molar-refractivity contribution is 7.99. The van der Waals surface area contributed by atoms with Crippen molar-refractivity contribution in [2.24, 2.45) is 0 Å². The first-order valence-corrected chi connectivity index (χ1v) is 6.32. The first kappa shape index (κ1) is 10.3. The predicted octanol–water partition coefficient (Wildman–Crippen LogP) is 2.19. The predicted molar refractivity (Wildman–Crippen MR) is 59.1 cm³/mol. The average molecular weight is 250 g/mol. The minimum absolute atomic E-state index is 0.0230. The van der Waals surface area contributed by atoms with Crippen molar-refractivity contribution in [1.82, 2.24) is 5.32 Å². The van der Waals surface area contributed by atoms with Crippen LogP contribution in [0.25, 0.3) is 0 Å². The first-order chi connectivity index (χ1) is 6.68. The molecule has 1 aliphatic rings. The number of aliphatic carboxylic acids is 1. The van der Waals surface area contributed by atoms with Crippen LogP contribution in [0, 0.1) is 0 Å². The van der Waals surface area contributed by atoms with Crippen molar-refractivity contribution in [2.45, 2.75) is 11.4 Å². The van der Waals surface area contributed by atoms with Crippen LogP contribution in [0.1, 0.15) is 10.9 Å². The molecule has 0 radical (unpaired) electrons. The molecule has 1 saturated heterocycles. The Morgan fingerprint density at radius 1 is 1.71 bits per heavy atom. The van der Waals surface area contributed by atoms with Crippen LogP contribution in [0.15, 0.2) is 11.4 Å². The lowest BCUT2D eigenvalue weighted by atomic mass is 10.3. The molecule has 2 rings (SSSR count). The van der Waals surface area contributed by atoms with Crippen LogP contribution < -0.4 is 5.32 Å². The molecule has 3 nitrogen and oxygen atoms in total. The molecule has 2 N–H and O–H groups in total. The SMILES string of the molecule is O=C(O)[C@H]1CSC(c2ccsc2Cl)N1. The van der Waals surface area contributed by atoms with Crippen molar-refractivity contribution in [3.8, 4) is 0 Å². The van der Waals surface area contributed by atoms with E-state index in [-0.39, 0.29) is 5.37 Å². The van der Waals surface area contributed by atoms with Gasteiger partial charge in [0.1, 0.15) is 6.04 Å². The van der Waals surface area contributed by atoms with Crippen LogP contribution in [0.3, 0.4) is 0 Å². The summed E-state index contributed by atoms with van der Waals surface area (Å²) in [6, 6.07) is 1.47. The summed E-state index contributed by atoms with van der Waals surface area (Å²) in [5.74, 6) is -0.210. The minimum atomic E-state index is -0.800. The molecule has 1 fully saturated rings. The number of thiophene rings is 1. The molecule has 1 aliphatic heterocycles. The molecule has 76 valence electrons. The van der Waals surface area contributed by atoms with Crippen molar-refractivity contribution in [3.63, 3.8) is 0 Å². The second-order valence-corrected chi connectivity index (χ2v) is 5.58. The Kier molecular flexibility index (Phi) is 3.02. The fraction of sp³-hybridized carbons (Fsp3) is 0.375.